The number of para-hydroxylation sites is 2. The lowest BCUT2D eigenvalue weighted by atomic mass is 9.82. The Bertz CT molecular complexity index is 5790. The molecule has 3 aliphatic carbocycles. The van der Waals surface area contributed by atoms with Crippen LogP contribution in [-0.2, 0) is 10.8 Å². The summed E-state index contributed by atoms with van der Waals surface area (Å²) in [6.45, 7) is 9.44. The first kappa shape index (κ1) is 50.9. The molecule has 0 aliphatic heterocycles. The van der Waals surface area contributed by atoms with Gasteiger partial charge in [0.25, 0.3) is 0 Å². The fourth-order valence-electron chi connectivity index (χ4n) is 16.1. The van der Waals surface area contributed by atoms with E-state index in [1.807, 2.05) is 0 Å². The van der Waals surface area contributed by atoms with Crippen LogP contribution in [0.4, 0.5) is 0 Å². The SMILES string of the molecule is CC1(C)c2ccccc2-c2ccc(-n3c4ccccc4c4cc(-c5cccc(-c6nc(-c7ccccc7)c7c(n6)-c6cccc8c(-c9cccc(-c%10ccc%11c(c%10)c%10ccccc%10n%11-c%10ccc%11c(c%10)C(C)(C)c%10ccccc%10-%11)c9)ccc-7c68)c5)ccc43)cc21. The second-order valence-electron chi connectivity index (χ2n) is 26.0. The van der Waals surface area contributed by atoms with E-state index in [0.717, 1.165) is 50.3 Å². The van der Waals surface area contributed by atoms with Gasteiger partial charge in [-0.05, 0) is 167 Å². The second-order valence-corrected chi connectivity index (χ2v) is 26.0. The van der Waals surface area contributed by atoms with Crippen molar-refractivity contribution in [2.75, 3.05) is 0 Å². The molecule has 16 aromatic rings. The van der Waals surface area contributed by atoms with Gasteiger partial charge < -0.3 is 9.13 Å². The summed E-state index contributed by atoms with van der Waals surface area (Å²) in [5, 5.41) is 7.34. The van der Waals surface area contributed by atoms with E-state index in [-0.39, 0.29) is 10.8 Å². The van der Waals surface area contributed by atoms with Crippen molar-refractivity contribution in [1.29, 1.82) is 0 Å². The number of fused-ring (bicyclic) bond motifs is 15. The fraction of sp³-hybridized carbons (Fsp3) is 0.0698. The molecule has 19 rings (SSSR count). The van der Waals surface area contributed by atoms with Gasteiger partial charge in [-0.25, -0.2) is 9.97 Å². The molecule has 422 valence electrons. The topological polar surface area (TPSA) is 35.6 Å². The van der Waals surface area contributed by atoms with Crippen LogP contribution >= 0.6 is 0 Å². The highest BCUT2D eigenvalue weighted by Gasteiger charge is 2.37. The molecular formula is C86H58N4. The molecule has 90 heavy (non-hydrogen) atoms. The number of hydrogen-bond donors (Lipinski definition) is 0. The molecule has 3 heterocycles. The lowest BCUT2D eigenvalue weighted by Gasteiger charge is -2.22. The highest BCUT2D eigenvalue weighted by Crippen LogP contribution is 2.54. The molecule has 3 aromatic heterocycles. The largest absolute Gasteiger partial charge is 0.309 e. The Balaban J connectivity index is 0.687. The zero-order valence-corrected chi connectivity index (χ0v) is 50.3. The number of hydrogen-bond acceptors (Lipinski definition) is 2. The lowest BCUT2D eigenvalue weighted by molar-refractivity contribution is 0.660. The molecule has 3 aliphatic rings. The van der Waals surface area contributed by atoms with Crippen molar-refractivity contribution in [2.45, 2.75) is 38.5 Å². The summed E-state index contributed by atoms with van der Waals surface area (Å²) in [6.07, 6.45) is 0. The van der Waals surface area contributed by atoms with Crippen molar-refractivity contribution in [3.63, 3.8) is 0 Å². The first-order valence-corrected chi connectivity index (χ1v) is 31.5. The molecule has 0 bridgehead atoms. The molecule has 4 nitrogen and oxygen atoms in total. The van der Waals surface area contributed by atoms with E-state index in [0.29, 0.717) is 5.82 Å². The highest BCUT2D eigenvalue weighted by atomic mass is 15.0. The highest BCUT2D eigenvalue weighted by molar-refractivity contribution is 6.20. The second kappa shape index (κ2) is 18.7. The van der Waals surface area contributed by atoms with Crippen molar-refractivity contribution < 1.29 is 0 Å². The van der Waals surface area contributed by atoms with E-state index >= 15 is 0 Å². The molecule has 0 N–H and O–H groups in total. The van der Waals surface area contributed by atoms with Gasteiger partial charge in [0, 0.05) is 66.0 Å². The van der Waals surface area contributed by atoms with Gasteiger partial charge in [0.05, 0.1) is 33.5 Å². The zero-order valence-electron chi connectivity index (χ0n) is 50.3. The molecule has 0 spiro atoms. The summed E-state index contributed by atoms with van der Waals surface area (Å²) >= 11 is 0. The van der Waals surface area contributed by atoms with Gasteiger partial charge in [0.15, 0.2) is 5.82 Å². The fourth-order valence-corrected chi connectivity index (χ4v) is 16.1. The Hall–Kier alpha value is -11.2. The van der Waals surface area contributed by atoms with Crippen LogP contribution in [0.25, 0.3) is 166 Å². The van der Waals surface area contributed by atoms with Crippen molar-refractivity contribution in [1.82, 2.24) is 19.1 Å². The van der Waals surface area contributed by atoms with E-state index < -0.39 is 0 Å². The summed E-state index contributed by atoms with van der Waals surface area (Å²) in [5.74, 6) is 0.703. The van der Waals surface area contributed by atoms with Crippen LogP contribution in [0.1, 0.15) is 49.9 Å². The summed E-state index contributed by atoms with van der Waals surface area (Å²) < 4.78 is 4.91. The molecule has 0 atom stereocenters. The molecular weight excluding hydrogens is 1090 g/mol. The summed E-state index contributed by atoms with van der Waals surface area (Å²) in [5.41, 5.74) is 32.1. The average Bonchev–Trinajstić information content (AvgIpc) is 1.67. The van der Waals surface area contributed by atoms with Crippen LogP contribution < -0.4 is 0 Å². The Morgan fingerprint density at radius 3 is 1.29 bits per heavy atom. The number of benzene rings is 13. The minimum Gasteiger partial charge on any atom is -0.309 e. The predicted molar refractivity (Wildman–Crippen MR) is 375 cm³/mol. The summed E-state index contributed by atoms with van der Waals surface area (Å²) in [6, 6.07) is 104. The molecule has 0 amide bonds. The summed E-state index contributed by atoms with van der Waals surface area (Å²) in [7, 11) is 0. The number of aromatic nitrogens is 4. The zero-order chi connectivity index (χ0) is 59.7. The van der Waals surface area contributed by atoms with Crippen LogP contribution in [0.2, 0.25) is 0 Å². The van der Waals surface area contributed by atoms with Gasteiger partial charge in [0.2, 0.25) is 0 Å². The normalized spacial score (nSPS) is 13.7. The molecule has 0 saturated heterocycles. The van der Waals surface area contributed by atoms with Gasteiger partial charge in [-0.1, -0.05) is 234 Å². The van der Waals surface area contributed by atoms with E-state index in [1.54, 1.807) is 0 Å². The van der Waals surface area contributed by atoms with Crippen molar-refractivity contribution >= 4 is 54.4 Å². The van der Waals surface area contributed by atoms with Gasteiger partial charge >= 0.3 is 0 Å². The minimum atomic E-state index is -0.0971. The quantitative estimate of drug-likeness (QED) is 0.159. The minimum absolute atomic E-state index is 0.0907. The molecule has 0 saturated carbocycles. The first-order chi connectivity index (χ1) is 44.1. The van der Waals surface area contributed by atoms with Crippen molar-refractivity contribution in [2.24, 2.45) is 0 Å². The lowest BCUT2D eigenvalue weighted by Crippen LogP contribution is -2.15. The van der Waals surface area contributed by atoms with E-state index in [1.165, 1.54) is 133 Å². The Morgan fingerprint density at radius 2 is 0.678 bits per heavy atom. The third-order valence-electron chi connectivity index (χ3n) is 20.5. The molecule has 4 heteroatoms. The first-order valence-electron chi connectivity index (χ1n) is 31.5. The standard InChI is InChI=1S/C86H58N4/c1-85(2)72-31-12-8-25-61(72)63-39-37-58(49-74(63)85)89-76-33-14-10-27-65(76)70-47-54(35-43-78(70)89)52-21-16-23-56(45-52)60-41-42-68-80-67(60)29-18-30-69(80)83-81(68)82(51-19-6-5-7-20-51)87-84(88-83)57-24-17-22-53(46-57)55-36-44-79-71(48-55)66-28-11-15-34-77(66)90(79)59-38-40-64-62-26-9-13-32-73(62)86(3,4)75(64)50-59/h5-50H,1-4H3. The van der Waals surface area contributed by atoms with Gasteiger partial charge in [-0.3, -0.25) is 0 Å². The van der Waals surface area contributed by atoms with Crippen LogP contribution in [0.5, 0.6) is 0 Å². The van der Waals surface area contributed by atoms with Gasteiger partial charge in [0.1, 0.15) is 0 Å². The molecule has 0 radical (unpaired) electrons. The number of nitrogens with zero attached hydrogens (tertiary/aromatic N) is 4. The smallest absolute Gasteiger partial charge is 0.160 e. The number of rotatable bonds is 7. The van der Waals surface area contributed by atoms with E-state index in [2.05, 4.69) is 316 Å². The Kier molecular flexibility index (Phi) is 10.6. The maximum absolute atomic E-state index is 5.60. The van der Waals surface area contributed by atoms with Crippen LogP contribution in [0, 0.1) is 0 Å². The monoisotopic (exact) mass is 1150 g/mol. The third-order valence-corrected chi connectivity index (χ3v) is 20.5. The third kappa shape index (κ3) is 7.19. The maximum Gasteiger partial charge on any atom is 0.160 e. The Labute approximate surface area is 522 Å². The maximum atomic E-state index is 5.60. The predicted octanol–water partition coefficient (Wildman–Crippen LogP) is 22.4. The van der Waals surface area contributed by atoms with Gasteiger partial charge in [-0.2, -0.15) is 0 Å². The van der Waals surface area contributed by atoms with Crippen LogP contribution in [-0.4, -0.2) is 19.1 Å². The van der Waals surface area contributed by atoms with E-state index in [4.69, 9.17) is 9.97 Å². The molecule has 0 unspecified atom stereocenters. The van der Waals surface area contributed by atoms with Gasteiger partial charge in [-0.15, -0.1) is 0 Å². The van der Waals surface area contributed by atoms with Crippen LogP contribution in [0.3, 0.4) is 0 Å². The van der Waals surface area contributed by atoms with Crippen molar-refractivity contribution in [3.8, 4) is 112 Å². The average molecular weight is 1150 g/mol. The van der Waals surface area contributed by atoms with E-state index in [9.17, 15) is 0 Å². The van der Waals surface area contributed by atoms with Crippen molar-refractivity contribution in [3.05, 3.63) is 301 Å². The molecule has 0 fully saturated rings. The molecule has 13 aromatic carbocycles. The summed E-state index contributed by atoms with van der Waals surface area (Å²) in [4.78, 5) is 11.2. The van der Waals surface area contributed by atoms with Crippen LogP contribution in [0.15, 0.2) is 279 Å². The Morgan fingerprint density at radius 1 is 0.256 bits per heavy atom.